The Morgan fingerprint density at radius 3 is 2.69 bits per heavy atom. The first-order valence-corrected chi connectivity index (χ1v) is 6.09. The Labute approximate surface area is 96.5 Å². The molecule has 1 aliphatic heterocycles. The summed E-state index contributed by atoms with van der Waals surface area (Å²) >= 11 is 1.47. The molecule has 1 aromatic heterocycles. The molecule has 0 bridgehead atoms. The number of fused-ring (bicyclic) bond motifs is 2. The molecule has 0 fully saturated rings. The molecule has 0 saturated carbocycles. The van der Waals surface area contributed by atoms with E-state index in [-0.39, 0.29) is 0 Å². The molecular formula is C11H12N2O2S. The van der Waals surface area contributed by atoms with Gasteiger partial charge in [-0.2, -0.15) is 0 Å². The Balaban J connectivity index is 2.31. The van der Waals surface area contributed by atoms with Crippen LogP contribution in [0.2, 0.25) is 0 Å². The topological polar surface area (TPSA) is 47.2 Å². The molecule has 0 unspecified atom stereocenters. The SMILES string of the molecule is CCn1c(=N)sc2cc3c(cc21)OCCO3. The molecule has 0 amide bonds. The maximum absolute atomic E-state index is 7.87. The van der Waals surface area contributed by atoms with Crippen LogP contribution in [0.3, 0.4) is 0 Å². The van der Waals surface area contributed by atoms with E-state index in [4.69, 9.17) is 14.9 Å². The van der Waals surface area contributed by atoms with Crippen LogP contribution < -0.4 is 14.3 Å². The third kappa shape index (κ3) is 1.31. The number of aryl methyl sites for hydroxylation is 1. The minimum absolute atomic E-state index is 0.569. The van der Waals surface area contributed by atoms with Crippen LogP contribution in [0.1, 0.15) is 6.92 Å². The lowest BCUT2D eigenvalue weighted by Gasteiger charge is -2.18. The highest BCUT2D eigenvalue weighted by molar-refractivity contribution is 7.16. The van der Waals surface area contributed by atoms with Crippen LogP contribution >= 0.6 is 11.3 Å². The molecule has 0 spiro atoms. The molecule has 84 valence electrons. The quantitative estimate of drug-likeness (QED) is 0.823. The van der Waals surface area contributed by atoms with E-state index < -0.39 is 0 Å². The van der Waals surface area contributed by atoms with Crippen molar-refractivity contribution in [2.24, 2.45) is 0 Å². The van der Waals surface area contributed by atoms with Crippen molar-refractivity contribution in [3.8, 4) is 11.5 Å². The van der Waals surface area contributed by atoms with Gasteiger partial charge in [0.1, 0.15) is 13.2 Å². The van der Waals surface area contributed by atoms with Gasteiger partial charge in [0.15, 0.2) is 16.3 Å². The van der Waals surface area contributed by atoms with Crippen molar-refractivity contribution in [1.29, 1.82) is 5.41 Å². The Morgan fingerprint density at radius 2 is 2.00 bits per heavy atom. The number of aromatic nitrogens is 1. The molecule has 3 rings (SSSR count). The van der Waals surface area contributed by atoms with Gasteiger partial charge in [0.2, 0.25) is 0 Å². The molecule has 0 atom stereocenters. The first kappa shape index (κ1) is 9.72. The van der Waals surface area contributed by atoms with E-state index in [0.717, 1.165) is 28.3 Å². The highest BCUT2D eigenvalue weighted by Crippen LogP contribution is 2.35. The van der Waals surface area contributed by atoms with Crippen molar-refractivity contribution < 1.29 is 9.47 Å². The van der Waals surface area contributed by atoms with Crippen molar-refractivity contribution in [3.05, 3.63) is 16.9 Å². The summed E-state index contributed by atoms with van der Waals surface area (Å²) in [6.45, 7) is 4.05. The van der Waals surface area contributed by atoms with Crippen LogP contribution in [0.5, 0.6) is 11.5 Å². The summed E-state index contributed by atoms with van der Waals surface area (Å²) < 4.78 is 14.1. The number of hydrogen-bond donors (Lipinski definition) is 1. The minimum Gasteiger partial charge on any atom is -0.486 e. The van der Waals surface area contributed by atoms with E-state index >= 15 is 0 Å². The fourth-order valence-electron chi connectivity index (χ4n) is 1.93. The van der Waals surface area contributed by atoms with Gasteiger partial charge in [0.05, 0.1) is 10.2 Å². The monoisotopic (exact) mass is 236 g/mol. The predicted molar refractivity (Wildman–Crippen MR) is 62.3 cm³/mol. The van der Waals surface area contributed by atoms with Gasteiger partial charge in [0, 0.05) is 18.7 Å². The Kier molecular flexibility index (Phi) is 2.14. The predicted octanol–water partition coefficient (Wildman–Crippen LogP) is 1.97. The molecule has 5 heteroatoms. The van der Waals surface area contributed by atoms with Gasteiger partial charge in [-0.25, -0.2) is 0 Å². The van der Waals surface area contributed by atoms with Gasteiger partial charge in [-0.05, 0) is 6.92 Å². The van der Waals surface area contributed by atoms with Crippen LogP contribution in [0, 0.1) is 5.41 Å². The summed E-state index contributed by atoms with van der Waals surface area (Å²) in [5.74, 6) is 1.59. The van der Waals surface area contributed by atoms with Gasteiger partial charge >= 0.3 is 0 Å². The fraction of sp³-hybridized carbons (Fsp3) is 0.364. The van der Waals surface area contributed by atoms with Crippen molar-refractivity contribution in [3.63, 3.8) is 0 Å². The number of nitrogens with zero attached hydrogens (tertiary/aromatic N) is 1. The van der Waals surface area contributed by atoms with Crippen LogP contribution in [0.4, 0.5) is 0 Å². The number of hydrogen-bond acceptors (Lipinski definition) is 4. The largest absolute Gasteiger partial charge is 0.486 e. The van der Waals surface area contributed by atoms with E-state index in [2.05, 4.69) is 0 Å². The third-order valence-corrected chi connectivity index (χ3v) is 3.64. The maximum atomic E-state index is 7.87. The van der Waals surface area contributed by atoms with Gasteiger partial charge in [-0.3, -0.25) is 5.41 Å². The Bertz CT molecular complexity index is 600. The third-order valence-electron chi connectivity index (χ3n) is 2.68. The lowest BCUT2D eigenvalue weighted by Crippen LogP contribution is -2.15. The zero-order chi connectivity index (χ0) is 11.1. The molecule has 16 heavy (non-hydrogen) atoms. The van der Waals surface area contributed by atoms with Gasteiger partial charge in [-0.1, -0.05) is 11.3 Å². The highest BCUT2D eigenvalue weighted by Gasteiger charge is 2.15. The van der Waals surface area contributed by atoms with Crippen molar-refractivity contribution in [1.82, 2.24) is 4.57 Å². The molecule has 0 aliphatic carbocycles. The van der Waals surface area contributed by atoms with Gasteiger partial charge in [-0.15, -0.1) is 0 Å². The molecule has 1 aliphatic rings. The smallest absolute Gasteiger partial charge is 0.182 e. The van der Waals surface area contributed by atoms with Crippen molar-refractivity contribution in [2.75, 3.05) is 13.2 Å². The summed E-state index contributed by atoms with van der Waals surface area (Å²) in [6.07, 6.45) is 0. The number of nitrogens with one attached hydrogen (secondary N) is 1. The molecule has 0 radical (unpaired) electrons. The zero-order valence-electron chi connectivity index (χ0n) is 8.95. The number of benzene rings is 1. The Morgan fingerprint density at radius 1 is 1.31 bits per heavy atom. The summed E-state index contributed by atoms with van der Waals surface area (Å²) in [5, 5.41) is 7.87. The van der Waals surface area contributed by atoms with Gasteiger partial charge in [0.25, 0.3) is 0 Å². The second kappa shape index (κ2) is 3.52. The van der Waals surface area contributed by atoms with Crippen LogP contribution in [0.25, 0.3) is 10.2 Å². The first-order valence-electron chi connectivity index (χ1n) is 5.27. The van der Waals surface area contributed by atoms with E-state index in [1.807, 2.05) is 23.6 Å². The van der Waals surface area contributed by atoms with Crippen LogP contribution in [-0.4, -0.2) is 17.8 Å². The summed E-state index contributed by atoms with van der Waals surface area (Å²) in [4.78, 5) is 0.569. The normalized spacial score (nSPS) is 14.3. The molecule has 1 aromatic carbocycles. The fourth-order valence-corrected chi connectivity index (χ4v) is 2.92. The average molecular weight is 236 g/mol. The maximum Gasteiger partial charge on any atom is 0.182 e. The second-order valence-corrected chi connectivity index (χ2v) is 4.65. The molecule has 1 N–H and O–H groups in total. The summed E-state index contributed by atoms with van der Waals surface area (Å²) in [7, 11) is 0. The average Bonchev–Trinajstić information content (AvgIpc) is 2.60. The lowest BCUT2D eigenvalue weighted by molar-refractivity contribution is 0.172. The van der Waals surface area contributed by atoms with Crippen LogP contribution in [-0.2, 0) is 6.54 Å². The molecule has 2 heterocycles. The number of ether oxygens (including phenoxy) is 2. The summed E-state index contributed by atoms with van der Waals surface area (Å²) in [6, 6.07) is 3.94. The summed E-state index contributed by atoms with van der Waals surface area (Å²) in [5.41, 5.74) is 1.06. The number of rotatable bonds is 1. The first-order chi connectivity index (χ1) is 7.79. The highest BCUT2D eigenvalue weighted by atomic mass is 32.1. The Hall–Kier alpha value is -1.49. The minimum atomic E-state index is 0.569. The zero-order valence-corrected chi connectivity index (χ0v) is 9.76. The van der Waals surface area contributed by atoms with Gasteiger partial charge < -0.3 is 14.0 Å². The number of thiazole rings is 1. The van der Waals surface area contributed by atoms with Crippen molar-refractivity contribution in [2.45, 2.75) is 13.5 Å². The molecule has 2 aromatic rings. The van der Waals surface area contributed by atoms with Crippen molar-refractivity contribution >= 4 is 21.6 Å². The van der Waals surface area contributed by atoms with E-state index in [9.17, 15) is 0 Å². The van der Waals surface area contributed by atoms with E-state index in [1.165, 1.54) is 11.3 Å². The van der Waals surface area contributed by atoms with E-state index in [0.29, 0.717) is 18.0 Å². The van der Waals surface area contributed by atoms with E-state index in [1.54, 1.807) is 0 Å². The standard InChI is InChI=1S/C11H12N2O2S/c1-2-13-7-5-8-9(15-4-3-14-8)6-10(7)16-11(13)12/h5-6,12H,2-4H2,1H3. The molecule has 4 nitrogen and oxygen atoms in total. The lowest BCUT2D eigenvalue weighted by atomic mass is 10.2. The molecular weight excluding hydrogens is 224 g/mol. The second-order valence-electron chi connectivity index (χ2n) is 3.62. The molecule has 0 saturated heterocycles. The van der Waals surface area contributed by atoms with Crippen LogP contribution in [0.15, 0.2) is 12.1 Å².